The van der Waals surface area contributed by atoms with E-state index < -0.39 is 5.60 Å². The lowest BCUT2D eigenvalue weighted by molar-refractivity contribution is -0.117. The number of hydrogen-bond acceptors (Lipinski definition) is 4. The van der Waals surface area contributed by atoms with Crippen LogP contribution in [0.25, 0.3) is 17.0 Å². The topological polar surface area (TPSA) is 75.6 Å². The van der Waals surface area contributed by atoms with Crippen molar-refractivity contribution in [1.82, 2.24) is 5.32 Å². The van der Waals surface area contributed by atoms with Gasteiger partial charge in [-0.1, -0.05) is 18.2 Å². The highest BCUT2D eigenvalue weighted by Gasteiger charge is 2.27. The Labute approximate surface area is 133 Å². The molecular formula is C18H17NO4. The van der Waals surface area contributed by atoms with Crippen molar-refractivity contribution in [3.05, 3.63) is 66.3 Å². The number of furan rings is 2. The molecule has 118 valence electrons. The minimum atomic E-state index is -1.30. The fourth-order valence-corrected chi connectivity index (χ4v) is 2.20. The quantitative estimate of drug-likeness (QED) is 0.710. The van der Waals surface area contributed by atoms with Crippen LogP contribution in [-0.2, 0) is 10.4 Å². The molecule has 5 heteroatoms. The normalized spacial score (nSPS) is 14.2. The summed E-state index contributed by atoms with van der Waals surface area (Å²) in [6, 6.07) is 12.8. The van der Waals surface area contributed by atoms with Crippen LogP contribution < -0.4 is 5.32 Å². The molecule has 5 nitrogen and oxygen atoms in total. The summed E-state index contributed by atoms with van der Waals surface area (Å²) in [5, 5.41) is 14.1. The van der Waals surface area contributed by atoms with Gasteiger partial charge in [-0.15, -0.1) is 0 Å². The molecule has 0 fully saturated rings. The number of fused-ring (bicyclic) bond motifs is 1. The number of rotatable bonds is 5. The predicted octanol–water partition coefficient (Wildman–Crippen LogP) is 3.06. The zero-order chi connectivity index (χ0) is 16.3. The van der Waals surface area contributed by atoms with Crippen molar-refractivity contribution in [3.63, 3.8) is 0 Å². The van der Waals surface area contributed by atoms with Crippen LogP contribution in [0.5, 0.6) is 0 Å². The van der Waals surface area contributed by atoms with E-state index in [1.807, 2.05) is 24.3 Å². The van der Waals surface area contributed by atoms with Crippen LogP contribution in [0.4, 0.5) is 0 Å². The molecule has 3 rings (SSSR count). The zero-order valence-corrected chi connectivity index (χ0v) is 12.7. The average molecular weight is 311 g/mol. The molecule has 0 bridgehead atoms. The first-order chi connectivity index (χ1) is 11.0. The molecule has 1 amide bonds. The maximum atomic E-state index is 11.8. The summed E-state index contributed by atoms with van der Waals surface area (Å²) in [6.07, 6.45) is 4.45. The molecule has 3 aromatic rings. The van der Waals surface area contributed by atoms with Gasteiger partial charge in [0, 0.05) is 11.5 Å². The Morgan fingerprint density at radius 1 is 1.30 bits per heavy atom. The van der Waals surface area contributed by atoms with E-state index in [1.54, 1.807) is 31.2 Å². The van der Waals surface area contributed by atoms with Crippen LogP contribution in [0.15, 0.2) is 63.6 Å². The average Bonchev–Trinajstić information content (AvgIpc) is 3.20. The number of para-hydroxylation sites is 1. The molecule has 0 aliphatic carbocycles. The summed E-state index contributed by atoms with van der Waals surface area (Å²) in [5.74, 6) is 0.677. The van der Waals surface area contributed by atoms with Crippen LogP contribution in [0.1, 0.15) is 18.4 Å². The molecule has 2 N–H and O–H groups in total. The Morgan fingerprint density at radius 2 is 2.13 bits per heavy atom. The third kappa shape index (κ3) is 3.52. The van der Waals surface area contributed by atoms with Crippen molar-refractivity contribution in [2.24, 2.45) is 0 Å². The first-order valence-electron chi connectivity index (χ1n) is 7.25. The summed E-state index contributed by atoms with van der Waals surface area (Å²) in [4.78, 5) is 11.8. The highest BCUT2D eigenvalue weighted by Crippen LogP contribution is 2.27. The lowest BCUT2D eigenvalue weighted by Crippen LogP contribution is -2.37. The smallest absolute Gasteiger partial charge is 0.244 e. The Hall–Kier alpha value is -2.79. The van der Waals surface area contributed by atoms with E-state index in [0.29, 0.717) is 17.1 Å². The fraction of sp³-hybridized carbons (Fsp3) is 0.167. The lowest BCUT2D eigenvalue weighted by atomic mass is 10.0. The monoisotopic (exact) mass is 311 g/mol. The summed E-state index contributed by atoms with van der Waals surface area (Å²) < 4.78 is 10.8. The fourth-order valence-electron chi connectivity index (χ4n) is 2.20. The number of benzene rings is 1. The number of amides is 1. The van der Waals surface area contributed by atoms with E-state index in [2.05, 4.69) is 5.32 Å². The Kier molecular flexibility index (Phi) is 4.04. The highest BCUT2D eigenvalue weighted by atomic mass is 16.4. The van der Waals surface area contributed by atoms with Gasteiger partial charge in [0.1, 0.15) is 22.7 Å². The third-order valence-corrected chi connectivity index (χ3v) is 3.51. The van der Waals surface area contributed by atoms with Gasteiger partial charge in [0.25, 0.3) is 0 Å². The second-order valence-electron chi connectivity index (χ2n) is 5.49. The standard InChI is InChI=1S/C18H17NO4/c1-18(21,16-11-13-5-2-3-7-15(13)23-16)12-19-17(20)9-8-14-6-4-10-22-14/h2-11,21H,12H2,1H3,(H,19,20). The van der Waals surface area contributed by atoms with E-state index in [9.17, 15) is 9.90 Å². The van der Waals surface area contributed by atoms with Gasteiger partial charge in [-0.3, -0.25) is 4.79 Å². The van der Waals surface area contributed by atoms with Gasteiger partial charge in [-0.05, 0) is 37.3 Å². The van der Waals surface area contributed by atoms with Gasteiger partial charge in [0.15, 0.2) is 0 Å². The van der Waals surface area contributed by atoms with Crippen molar-refractivity contribution < 1.29 is 18.7 Å². The Bertz CT molecular complexity index is 795. The van der Waals surface area contributed by atoms with Crippen molar-refractivity contribution in [2.75, 3.05) is 6.54 Å². The van der Waals surface area contributed by atoms with Gasteiger partial charge in [0.2, 0.25) is 5.91 Å². The van der Waals surface area contributed by atoms with Crippen LogP contribution in [0, 0.1) is 0 Å². The number of carbonyl (C=O) groups excluding carboxylic acids is 1. The van der Waals surface area contributed by atoms with Crippen molar-refractivity contribution in [3.8, 4) is 0 Å². The van der Waals surface area contributed by atoms with Crippen LogP contribution >= 0.6 is 0 Å². The summed E-state index contributed by atoms with van der Waals surface area (Å²) in [6.45, 7) is 1.63. The summed E-state index contributed by atoms with van der Waals surface area (Å²) in [5.41, 5.74) is -0.598. The minimum absolute atomic E-state index is 0.0359. The highest BCUT2D eigenvalue weighted by molar-refractivity contribution is 5.91. The van der Waals surface area contributed by atoms with E-state index in [1.165, 1.54) is 12.3 Å². The molecule has 0 saturated carbocycles. The van der Waals surface area contributed by atoms with Gasteiger partial charge >= 0.3 is 0 Å². The van der Waals surface area contributed by atoms with Crippen LogP contribution in [-0.4, -0.2) is 17.6 Å². The van der Waals surface area contributed by atoms with Crippen molar-refractivity contribution in [1.29, 1.82) is 0 Å². The first kappa shape index (κ1) is 15.1. The molecule has 1 unspecified atom stereocenters. The number of nitrogens with one attached hydrogen (secondary N) is 1. The molecule has 2 aromatic heterocycles. The Balaban J connectivity index is 1.65. The molecular weight excluding hydrogens is 294 g/mol. The maximum absolute atomic E-state index is 11.8. The maximum Gasteiger partial charge on any atom is 0.244 e. The SMILES string of the molecule is CC(O)(CNC(=O)C=Cc1ccco1)c1cc2ccccc2o1. The largest absolute Gasteiger partial charge is 0.465 e. The molecule has 0 saturated heterocycles. The molecule has 1 aromatic carbocycles. The molecule has 0 aliphatic heterocycles. The number of carbonyl (C=O) groups is 1. The van der Waals surface area contributed by atoms with Gasteiger partial charge in [0.05, 0.1) is 12.8 Å². The van der Waals surface area contributed by atoms with Crippen molar-refractivity contribution in [2.45, 2.75) is 12.5 Å². The second-order valence-corrected chi connectivity index (χ2v) is 5.49. The van der Waals surface area contributed by atoms with E-state index in [4.69, 9.17) is 8.83 Å². The Morgan fingerprint density at radius 3 is 2.87 bits per heavy atom. The van der Waals surface area contributed by atoms with Gasteiger partial charge in [-0.2, -0.15) is 0 Å². The van der Waals surface area contributed by atoms with Gasteiger partial charge < -0.3 is 19.3 Å². The molecule has 0 spiro atoms. The molecule has 0 radical (unpaired) electrons. The zero-order valence-electron chi connectivity index (χ0n) is 12.7. The third-order valence-electron chi connectivity index (χ3n) is 3.51. The second kappa shape index (κ2) is 6.14. The molecule has 1 atom stereocenters. The minimum Gasteiger partial charge on any atom is -0.465 e. The van der Waals surface area contributed by atoms with Crippen molar-refractivity contribution >= 4 is 23.0 Å². The van der Waals surface area contributed by atoms with Gasteiger partial charge in [-0.25, -0.2) is 0 Å². The summed E-state index contributed by atoms with van der Waals surface area (Å²) in [7, 11) is 0. The summed E-state index contributed by atoms with van der Waals surface area (Å²) >= 11 is 0. The molecule has 2 heterocycles. The van der Waals surface area contributed by atoms with Crippen LogP contribution in [0.2, 0.25) is 0 Å². The van der Waals surface area contributed by atoms with E-state index in [0.717, 1.165) is 5.39 Å². The molecule has 23 heavy (non-hydrogen) atoms. The lowest BCUT2D eigenvalue weighted by Gasteiger charge is -2.20. The molecule has 0 aliphatic rings. The van der Waals surface area contributed by atoms with E-state index >= 15 is 0 Å². The van der Waals surface area contributed by atoms with Crippen LogP contribution in [0.3, 0.4) is 0 Å². The predicted molar refractivity (Wildman–Crippen MR) is 86.5 cm³/mol. The number of hydrogen-bond donors (Lipinski definition) is 2. The first-order valence-corrected chi connectivity index (χ1v) is 7.25. The van der Waals surface area contributed by atoms with E-state index in [-0.39, 0.29) is 12.5 Å². The number of aliphatic hydroxyl groups is 1.